The standard InChI is InChI=1S/C16H23BrN4/c1-4-21(5-2)10-11(3)20-15-7-6-14(18)13-8-12(17)9-19-16(13)15/h6-9,11,20H,4-5,10,18H2,1-3H3. The van der Waals surface area contributed by atoms with Gasteiger partial charge in [-0.05, 0) is 54.1 Å². The van der Waals surface area contributed by atoms with Crippen molar-refractivity contribution in [3.8, 4) is 0 Å². The number of nitrogen functional groups attached to an aromatic ring is 1. The molecule has 0 aliphatic heterocycles. The van der Waals surface area contributed by atoms with E-state index in [0.29, 0.717) is 6.04 Å². The number of benzene rings is 1. The van der Waals surface area contributed by atoms with Gasteiger partial charge in [0.15, 0.2) is 0 Å². The Balaban J connectivity index is 2.24. The zero-order valence-electron chi connectivity index (χ0n) is 12.9. The molecule has 0 fully saturated rings. The quantitative estimate of drug-likeness (QED) is 0.779. The Hall–Kier alpha value is -1.33. The maximum absolute atomic E-state index is 6.05. The van der Waals surface area contributed by atoms with Crippen LogP contribution in [-0.4, -0.2) is 35.6 Å². The second-order valence-corrected chi connectivity index (χ2v) is 6.20. The normalized spacial score (nSPS) is 12.8. The van der Waals surface area contributed by atoms with Crippen molar-refractivity contribution < 1.29 is 0 Å². The molecular weight excluding hydrogens is 328 g/mol. The number of aromatic nitrogens is 1. The number of nitrogens with one attached hydrogen (secondary N) is 1. The van der Waals surface area contributed by atoms with E-state index < -0.39 is 0 Å². The van der Waals surface area contributed by atoms with Gasteiger partial charge in [0.2, 0.25) is 0 Å². The first-order valence-electron chi connectivity index (χ1n) is 7.37. The average molecular weight is 351 g/mol. The topological polar surface area (TPSA) is 54.2 Å². The first kappa shape index (κ1) is 16.0. The van der Waals surface area contributed by atoms with E-state index in [1.54, 1.807) is 0 Å². The number of nitrogens with zero attached hydrogens (tertiary/aromatic N) is 2. The van der Waals surface area contributed by atoms with Crippen LogP contribution in [0.4, 0.5) is 11.4 Å². The largest absolute Gasteiger partial charge is 0.398 e. The summed E-state index contributed by atoms with van der Waals surface area (Å²) in [6.45, 7) is 9.71. The number of pyridine rings is 1. The van der Waals surface area contributed by atoms with E-state index in [1.807, 2.05) is 24.4 Å². The summed E-state index contributed by atoms with van der Waals surface area (Å²) >= 11 is 3.45. The van der Waals surface area contributed by atoms with Gasteiger partial charge >= 0.3 is 0 Å². The molecule has 0 aliphatic rings. The molecule has 4 nitrogen and oxygen atoms in total. The molecule has 1 atom stereocenters. The highest BCUT2D eigenvalue weighted by molar-refractivity contribution is 9.10. The first-order chi connectivity index (χ1) is 10.0. The van der Waals surface area contributed by atoms with Crippen molar-refractivity contribution >= 4 is 38.2 Å². The molecule has 0 radical (unpaired) electrons. The Labute approximate surface area is 134 Å². The highest BCUT2D eigenvalue weighted by atomic mass is 79.9. The molecule has 0 spiro atoms. The third kappa shape index (κ3) is 3.86. The van der Waals surface area contributed by atoms with Crippen molar-refractivity contribution in [1.29, 1.82) is 0 Å². The lowest BCUT2D eigenvalue weighted by Crippen LogP contribution is -2.34. The van der Waals surface area contributed by atoms with Crippen molar-refractivity contribution in [2.24, 2.45) is 0 Å². The van der Waals surface area contributed by atoms with Gasteiger partial charge < -0.3 is 16.0 Å². The number of hydrogen-bond donors (Lipinski definition) is 2. The number of hydrogen-bond acceptors (Lipinski definition) is 4. The van der Waals surface area contributed by atoms with E-state index >= 15 is 0 Å². The molecule has 2 rings (SSSR count). The second kappa shape index (κ2) is 7.09. The minimum absolute atomic E-state index is 0.349. The number of nitrogens with two attached hydrogens (primary N) is 1. The smallest absolute Gasteiger partial charge is 0.0954 e. The van der Waals surface area contributed by atoms with Crippen molar-refractivity contribution in [3.63, 3.8) is 0 Å². The SMILES string of the molecule is CCN(CC)CC(C)Nc1ccc(N)c2cc(Br)cnc12. The second-order valence-electron chi connectivity index (χ2n) is 5.28. The summed E-state index contributed by atoms with van der Waals surface area (Å²) in [6.07, 6.45) is 1.81. The lowest BCUT2D eigenvalue weighted by atomic mass is 10.1. The van der Waals surface area contributed by atoms with Crippen molar-refractivity contribution in [3.05, 3.63) is 28.9 Å². The van der Waals surface area contributed by atoms with Crippen LogP contribution >= 0.6 is 15.9 Å². The summed E-state index contributed by atoms with van der Waals surface area (Å²) in [5, 5.41) is 4.53. The molecule has 5 heteroatoms. The molecule has 0 aliphatic carbocycles. The van der Waals surface area contributed by atoms with Gasteiger partial charge in [-0.2, -0.15) is 0 Å². The van der Waals surface area contributed by atoms with Gasteiger partial charge in [0.1, 0.15) is 0 Å². The van der Waals surface area contributed by atoms with Crippen LogP contribution in [-0.2, 0) is 0 Å². The van der Waals surface area contributed by atoms with E-state index in [2.05, 4.69) is 51.9 Å². The van der Waals surface area contributed by atoms with Crippen LogP contribution in [0.15, 0.2) is 28.9 Å². The van der Waals surface area contributed by atoms with Crippen LogP contribution in [0.25, 0.3) is 10.9 Å². The molecular formula is C16H23BrN4. The molecule has 21 heavy (non-hydrogen) atoms. The van der Waals surface area contributed by atoms with E-state index in [4.69, 9.17) is 5.73 Å². The van der Waals surface area contributed by atoms with Crippen LogP contribution in [0.3, 0.4) is 0 Å². The monoisotopic (exact) mass is 350 g/mol. The molecule has 1 unspecified atom stereocenters. The summed E-state index contributed by atoms with van der Waals surface area (Å²) in [5.74, 6) is 0. The molecule has 2 aromatic rings. The van der Waals surface area contributed by atoms with Gasteiger partial charge in [0.05, 0.1) is 11.2 Å². The average Bonchev–Trinajstić information content (AvgIpc) is 2.48. The molecule has 0 saturated heterocycles. The van der Waals surface area contributed by atoms with Gasteiger partial charge in [0.25, 0.3) is 0 Å². The number of fused-ring (bicyclic) bond motifs is 1. The summed E-state index contributed by atoms with van der Waals surface area (Å²) in [7, 11) is 0. The molecule has 1 aromatic heterocycles. The van der Waals surface area contributed by atoms with Crippen molar-refractivity contribution in [1.82, 2.24) is 9.88 Å². The fraction of sp³-hybridized carbons (Fsp3) is 0.438. The predicted octanol–water partition coefficient (Wildman–Crippen LogP) is 3.72. The molecule has 1 heterocycles. The maximum atomic E-state index is 6.05. The van der Waals surface area contributed by atoms with Crippen LogP contribution < -0.4 is 11.1 Å². The molecule has 1 aromatic carbocycles. The van der Waals surface area contributed by atoms with E-state index in [1.165, 1.54) is 0 Å². The zero-order valence-corrected chi connectivity index (χ0v) is 14.4. The van der Waals surface area contributed by atoms with Crippen molar-refractivity contribution in [2.45, 2.75) is 26.8 Å². The number of rotatable bonds is 6. The summed E-state index contributed by atoms with van der Waals surface area (Å²) in [4.78, 5) is 6.92. The van der Waals surface area contributed by atoms with Crippen LogP contribution in [0, 0.1) is 0 Å². The number of halogens is 1. The molecule has 114 valence electrons. The minimum Gasteiger partial charge on any atom is -0.398 e. The fourth-order valence-electron chi connectivity index (χ4n) is 2.51. The molecule has 0 bridgehead atoms. The first-order valence-corrected chi connectivity index (χ1v) is 8.17. The molecule has 3 N–H and O–H groups in total. The predicted molar refractivity (Wildman–Crippen MR) is 94.7 cm³/mol. The Morgan fingerprint density at radius 3 is 2.71 bits per heavy atom. The highest BCUT2D eigenvalue weighted by Gasteiger charge is 2.11. The lowest BCUT2D eigenvalue weighted by molar-refractivity contribution is 0.295. The van der Waals surface area contributed by atoms with Crippen LogP contribution in [0.2, 0.25) is 0 Å². The van der Waals surface area contributed by atoms with E-state index in [9.17, 15) is 0 Å². The lowest BCUT2D eigenvalue weighted by Gasteiger charge is -2.24. The van der Waals surface area contributed by atoms with E-state index in [0.717, 1.165) is 46.4 Å². The Kier molecular flexibility index (Phi) is 5.42. The summed E-state index contributed by atoms with van der Waals surface area (Å²) in [6, 6.07) is 6.31. The van der Waals surface area contributed by atoms with Gasteiger partial charge in [-0.25, -0.2) is 0 Å². The number of likely N-dealkylation sites (N-methyl/N-ethyl adjacent to an activating group) is 1. The van der Waals surface area contributed by atoms with Gasteiger partial charge in [-0.1, -0.05) is 13.8 Å². The van der Waals surface area contributed by atoms with Gasteiger partial charge in [-0.3, -0.25) is 4.98 Å². The van der Waals surface area contributed by atoms with Gasteiger partial charge in [-0.15, -0.1) is 0 Å². The Morgan fingerprint density at radius 1 is 1.33 bits per heavy atom. The van der Waals surface area contributed by atoms with Crippen LogP contribution in [0.1, 0.15) is 20.8 Å². The highest BCUT2D eigenvalue weighted by Crippen LogP contribution is 2.29. The minimum atomic E-state index is 0.349. The van der Waals surface area contributed by atoms with Crippen LogP contribution in [0.5, 0.6) is 0 Å². The third-order valence-corrected chi connectivity index (χ3v) is 4.11. The summed E-state index contributed by atoms with van der Waals surface area (Å²) in [5.41, 5.74) is 8.76. The molecule has 0 saturated carbocycles. The maximum Gasteiger partial charge on any atom is 0.0954 e. The summed E-state index contributed by atoms with van der Waals surface area (Å²) < 4.78 is 0.940. The Morgan fingerprint density at radius 2 is 2.05 bits per heavy atom. The zero-order chi connectivity index (χ0) is 15.4. The van der Waals surface area contributed by atoms with Crippen molar-refractivity contribution in [2.75, 3.05) is 30.7 Å². The third-order valence-electron chi connectivity index (χ3n) is 3.68. The van der Waals surface area contributed by atoms with Gasteiger partial charge in [0, 0.05) is 34.3 Å². The Bertz CT molecular complexity index is 610. The molecule has 0 amide bonds. The fourth-order valence-corrected chi connectivity index (χ4v) is 2.84. The van der Waals surface area contributed by atoms with E-state index in [-0.39, 0.29) is 0 Å². The number of anilines is 2.